The SMILES string of the molecule is CC(C)N1C=CC=CC1Cl. The van der Waals surface area contributed by atoms with E-state index in [1.807, 2.05) is 24.4 Å². The number of halogens is 1. The molecule has 0 aromatic rings. The lowest BCUT2D eigenvalue weighted by Gasteiger charge is -2.29. The molecule has 2 heteroatoms. The van der Waals surface area contributed by atoms with Gasteiger partial charge in [-0.3, -0.25) is 0 Å². The molecule has 1 rings (SSSR count). The highest BCUT2D eigenvalue weighted by molar-refractivity contribution is 6.21. The summed E-state index contributed by atoms with van der Waals surface area (Å²) < 4.78 is 0. The molecule has 56 valence electrons. The van der Waals surface area contributed by atoms with E-state index >= 15 is 0 Å². The molecule has 1 aliphatic heterocycles. The van der Waals surface area contributed by atoms with Crippen LogP contribution in [0.3, 0.4) is 0 Å². The van der Waals surface area contributed by atoms with Crippen LogP contribution >= 0.6 is 11.6 Å². The Bertz CT molecular complexity index is 161. The zero-order valence-corrected chi connectivity index (χ0v) is 7.05. The van der Waals surface area contributed by atoms with Crippen LogP contribution in [0.1, 0.15) is 13.8 Å². The average molecular weight is 158 g/mol. The van der Waals surface area contributed by atoms with Crippen LogP contribution in [-0.2, 0) is 0 Å². The maximum atomic E-state index is 5.97. The van der Waals surface area contributed by atoms with E-state index in [9.17, 15) is 0 Å². The minimum atomic E-state index is 0.0324. The van der Waals surface area contributed by atoms with Gasteiger partial charge in [0, 0.05) is 12.2 Å². The van der Waals surface area contributed by atoms with Crippen LogP contribution in [0, 0.1) is 0 Å². The number of rotatable bonds is 1. The fraction of sp³-hybridized carbons (Fsp3) is 0.500. The predicted molar refractivity (Wildman–Crippen MR) is 44.9 cm³/mol. The van der Waals surface area contributed by atoms with Crippen molar-refractivity contribution < 1.29 is 0 Å². The van der Waals surface area contributed by atoms with Crippen LogP contribution in [0.2, 0.25) is 0 Å². The molecule has 0 bridgehead atoms. The maximum Gasteiger partial charge on any atom is 0.123 e. The van der Waals surface area contributed by atoms with Gasteiger partial charge >= 0.3 is 0 Å². The number of alkyl halides is 1. The van der Waals surface area contributed by atoms with Crippen LogP contribution in [0.15, 0.2) is 24.4 Å². The summed E-state index contributed by atoms with van der Waals surface area (Å²) in [5, 5.41) is 0. The lowest BCUT2D eigenvalue weighted by molar-refractivity contribution is 0.314. The Hall–Kier alpha value is -0.430. The second kappa shape index (κ2) is 3.11. The van der Waals surface area contributed by atoms with Gasteiger partial charge in [-0.1, -0.05) is 17.7 Å². The van der Waals surface area contributed by atoms with Crippen molar-refractivity contribution in [2.24, 2.45) is 0 Å². The molecule has 1 heterocycles. The summed E-state index contributed by atoms with van der Waals surface area (Å²) in [6.45, 7) is 4.25. The molecule has 0 spiro atoms. The second-order valence-corrected chi connectivity index (χ2v) is 3.09. The molecule has 1 unspecified atom stereocenters. The van der Waals surface area contributed by atoms with Crippen LogP contribution in [0.25, 0.3) is 0 Å². The predicted octanol–water partition coefficient (Wildman–Crippen LogP) is 2.35. The Morgan fingerprint density at radius 2 is 2.10 bits per heavy atom. The highest BCUT2D eigenvalue weighted by Crippen LogP contribution is 2.14. The molecule has 0 aromatic carbocycles. The summed E-state index contributed by atoms with van der Waals surface area (Å²) in [5.74, 6) is 0. The lowest BCUT2D eigenvalue weighted by atomic mass is 10.3. The van der Waals surface area contributed by atoms with Crippen molar-refractivity contribution >= 4 is 11.6 Å². The van der Waals surface area contributed by atoms with Crippen molar-refractivity contribution in [3.8, 4) is 0 Å². The molecule has 0 aromatic heterocycles. The van der Waals surface area contributed by atoms with Gasteiger partial charge in [0.05, 0.1) is 0 Å². The van der Waals surface area contributed by atoms with Gasteiger partial charge in [-0.25, -0.2) is 0 Å². The first-order valence-electron chi connectivity index (χ1n) is 3.48. The summed E-state index contributed by atoms with van der Waals surface area (Å²) in [6, 6.07) is 0.476. The van der Waals surface area contributed by atoms with Crippen molar-refractivity contribution in [3.63, 3.8) is 0 Å². The fourth-order valence-electron chi connectivity index (χ4n) is 0.943. The molecule has 10 heavy (non-hydrogen) atoms. The third-order valence-corrected chi connectivity index (χ3v) is 1.89. The number of allylic oxidation sites excluding steroid dienone is 2. The number of hydrogen-bond acceptors (Lipinski definition) is 1. The summed E-state index contributed by atoms with van der Waals surface area (Å²) in [6.07, 6.45) is 7.96. The molecule has 0 aliphatic carbocycles. The smallest absolute Gasteiger partial charge is 0.123 e. The molecule has 0 saturated heterocycles. The van der Waals surface area contributed by atoms with Gasteiger partial charge in [0.25, 0.3) is 0 Å². The van der Waals surface area contributed by atoms with Gasteiger partial charge in [0.1, 0.15) is 5.50 Å². The minimum Gasteiger partial charge on any atom is -0.356 e. The molecule has 1 atom stereocenters. The Labute approximate surface area is 67.0 Å². The van der Waals surface area contributed by atoms with Gasteiger partial charge < -0.3 is 4.90 Å². The summed E-state index contributed by atoms with van der Waals surface area (Å²) in [4.78, 5) is 2.10. The second-order valence-electron chi connectivity index (χ2n) is 2.64. The van der Waals surface area contributed by atoms with Gasteiger partial charge in [-0.05, 0) is 26.0 Å². The van der Waals surface area contributed by atoms with Gasteiger partial charge in [-0.2, -0.15) is 0 Å². The summed E-state index contributed by atoms with van der Waals surface area (Å²) >= 11 is 5.97. The molecular formula is C8H12ClN. The molecule has 1 aliphatic rings. The van der Waals surface area contributed by atoms with Crippen molar-refractivity contribution in [3.05, 3.63) is 24.4 Å². The highest BCUT2D eigenvalue weighted by atomic mass is 35.5. The van der Waals surface area contributed by atoms with Gasteiger partial charge in [0.2, 0.25) is 0 Å². The first-order chi connectivity index (χ1) is 4.72. The lowest BCUT2D eigenvalue weighted by Crippen LogP contribution is -2.32. The van der Waals surface area contributed by atoms with E-state index in [4.69, 9.17) is 11.6 Å². The molecule has 0 fully saturated rings. The van der Waals surface area contributed by atoms with E-state index < -0.39 is 0 Å². The first-order valence-corrected chi connectivity index (χ1v) is 3.92. The van der Waals surface area contributed by atoms with Crippen molar-refractivity contribution in [2.75, 3.05) is 0 Å². The first kappa shape index (κ1) is 7.67. The third kappa shape index (κ3) is 1.54. The molecular weight excluding hydrogens is 146 g/mol. The van der Waals surface area contributed by atoms with Gasteiger partial charge in [-0.15, -0.1) is 0 Å². The van der Waals surface area contributed by atoms with E-state index in [2.05, 4.69) is 18.7 Å². The van der Waals surface area contributed by atoms with Crippen LogP contribution in [0.4, 0.5) is 0 Å². The normalized spacial score (nSPS) is 24.4. The zero-order valence-electron chi connectivity index (χ0n) is 6.29. The Morgan fingerprint density at radius 3 is 2.50 bits per heavy atom. The van der Waals surface area contributed by atoms with Crippen molar-refractivity contribution in [2.45, 2.75) is 25.4 Å². The van der Waals surface area contributed by atoms with Crippen molar-refractivity contribution in [1.82, 2.24) is 4.90 Å². The minimum absolute atomic E-state index is 0.0324. The number of nitrogens with zero attached hydrogens (tertiary/aromatic N) is 1. The zero-order chi connectivity index (χ0) is 7.56. The molecule has 0 N–H and O–H groups in total. The van der Waals surface area contributed by atoms with Crippen LogP contribution in [0.5, 0.6) is 0 Å². The Morgan fingerprint density at radius 1 is 1.40 bits per heavy atom. The summed E-state index contributed by atoms with van der Waals surface area (Å²) in [5.41, 5.74) is 0.0324. The van der Waals surface area contributed by atoms with Gasteiger partial charge in [0.15, 0.2) is 0 Å². The quantitative estimate of drug-likeness (QED) is 0.417. The maximum absolute atomic E-state index is 5.97. The summed E-state index contributed by atoms with van der Waals surface area (Å²) in [7, 11) is 0. The molecule has 1 nitrogen and oxygen atoms in total. The monoisotopic (exact) mass is 157 g/mol. The molecule has 0 amide bonds. The highest BCUT2D eigenvalue weighted by Gasteiger charge is 2.12. The number of hydrogen-bond donors (Lipinski definition) is 0. The van der Waals surface area contributed by atoms with E-state index in [-0.39, 0.29) is 5.50 Å². The van der Waals surface area contributed by atoms with E-state index in [0.717, 1.165) is 0 Å². The van der Waals surface area contributed by atoms with E-state index in [1.165, 1.54) is 0 Å². The molecule has 0 saturated carbocycles. The van der Waals surface area contributed by atoms with E-state index in [1.54, 1.807) is 0 Å². The largest absolute Gasteiger partial charge is 0.356 e. The van der Waals surface area contributed by atoms with Crippen molar-refractivity contribution in [1.29, 1.82) is 0 Å². The standard InChI is InChI=1S/C8H12ClN/c1-7(2)10-6-4-3-5-8(10)9/h3-8H,1-2H3. The third-order valence-electron chi connectivity index (χ3n) is 1.52. The fourth-order valence-corrected chi connectivity index (χ4v) is 1.32. The molecule has 0 radical (unpaired) electrons. The van der Waals surface area contributed by atoms with Crippen LogP contribution < -0.4 is 0 Å². The van der Waals surface area contributed by atoms with Crippen LogP contribution in [-0.4, -0.2) is 16.4 Å². The Balaban J connectivity index is 2.61. The average Bonchev–Trinajstić information content (AvgIpc) is 1.88. The Kier molecular flexibility index (Phi) is 2.39. The van der Waals surface area contributed by atoms with E-state index in [0.29, 0.717) is 6.04 Å². The topological polar surface area (TPSA) is 3.24 Å².